The Bertz CT molecular complexity index is 1500. The molecule has 1 aromatic heterocycles. The zero-order valence-electron chi connectivity index (χ0n) is 20.9. The summed E-state index contributed by atoms with van der Waals surface area (Å²) >= 11 is 13.0. The molecular formula is C25H27ClIN2O6S4+. The number of aryl methyl sites for hydroxylation is 1. The molecule has 0 saturated heterocycles. The molecule has 8 nitrogen and oxygen atoms in total. The molecule has 0 fully saturated rings. The lowest BCUT2D eigenvalue weighted by Gasteiger charge is -2.20. The fourth-order valence-electron chi connectivity index (χ4n) is 4.13. The molecule has 0 atom stereocenters. The van der Waals surface area contributed by atoms with Crippen LogP contribution in [0.1, 0.15) is 31.2 Å². The maximum atomic E-state index is 11.3. The lowest BCUT2D eigenvalue weighted by atomic mass is 10.2. The Hall–Kier alpha value is -0.880. The maximum absolute atomic E-state index is 11.3. The van der Waals surface area contributed by atoms with E-state index in [-0.39, 0.29) is 12.2 Å². The molecule has 1 aliphatic rings. The van der Waals surface area contributed by atoms with Crippen LogP contribution in [0.3, 0.4) is 0 Å². The number of halogens is 2. The third kappa shape index (κ3) is 8.56. The van der Waals surface area contributed by atoms with E-state index in [1.807, 2.05) is 18.2 Å². The first-order chi connectivity index (χ1) is 18.7. The van der Waals surface area contributed by atoms with E-state index in [1.165, 1.54) is 4.70 Å². The average Bonchev–Trinajstić information content (AvgIpc) is 3.39. The van der Waals surface area contributed by atoms with E-state index < -0.39 is 10.1 Å². The highest BCUT2D eigenvalue weighted by molar-refractivity contribution is 14.1. The summed E-state index contributed by atoms with van der Waals surface area (Å²) in [5, 5.41) is 14.8. The molecule has 2 heterocycles. The number of fused-ring (bicyclic) bond motifs is 2. The minimum atomic E-state index is -4.04. The van der Waals surface area contributed by atoms with E-state index >= 15 is 0 Å². The molecule has 0 aliphatic carbocycles. The van der Waals surface area contributed by atoms with Gasteiger partial charge < -0.3 is 4.90 Å². The number of nitrogens with zero attached hydrogens (tertiary/aromatic N) is 2. The van der Waals surface area contributed by atoms with Gasteiger partial charge in [0.1, 0.15) is 4.70 Å². The number of allylic oxidation sites excluding steroid dienone is 2. The Balaban J connectivity index is 1.67. The number of aromatic nitrogens is 1. The van der Waals surface area contributed by atoms with Gasteiger partial charge in [-0.2, -0.15) is 13.0 Å². The predicted molar refractivity (Wildman–Crippen MR) is 169 cm³/mol. The molecule has 1 aliphatic heterocycles. The first-order valence-electron chi connectivity index (χ1n) is 12.0. The van der Waals surface area contributed by atoms with Crippen LogP contribution in [-0.4, -0.2) is 36.3 Å². The van der Waals surface area contributed by atoms with Crippen LogP contribution >= 0.6 is 69.3 Å². The number of hydrogen-bond acceptors (Lipinski definition) is 9. The van der Waals surface area contributed by atoms with Crippen molar-refractivity contribution in [2.75, 3.05) is 23.0 Å². The molecule has 3 aromatic rings. The van der Waals surface area contributed by atoms with Crippen LogP contribution in [0.25, 0.3) is 16.3 Å². The van der Waals surface area contributed by atoms with Crippen LogP contribution in [0.15, 0.2) is 58.0 Å². The third-order valence-corrected chi connectivity index (χ3v) is 10.4. The molecule has 0 saturated carbocycles. The van der Waals surface area contributed by atoms with Gasteiger partial charge in [0.2, 0.25) is 5.52 Å². The van der Waals surface area contributed by atoms with Gasteiger partial charge in [-0.15, -0.1) is 4.33 Å². The summed E-state index contributed by atoms with van der Waals surface area (Å²) in [5.41, 5.74) is 3.22. The summed E-state index contributed by atoms with van der Waals surface area (Å²) in [4.78, 5) is 3.12. The monoisotopic (exact) mass is 741 g/mol. The maximum Gasteiger partial charge on any atom is 0.264 e. The van der Waals surface area contributed by atoms with Crippen LogP contribution in [0.2, 0.25) is 5.02 Å². The normalized spacial score (nSPS) is 15.1. The number of hydrogen-bond donors (Lipinski definition) is 2. The topological polar surface area (TPSA) is 100 Å². The smallest absolute Gasteiger partial charge is 0.264 e. The number of anilines is 1. The van der Waals surface area contributed by atoms with Crippen molar-refractivity contribution in [3.8, 4) is 0 Å². The van der Waals surface area contributed by atoms with Gasteiger partial charge in [0, 0.05) is 56.4 Å². The van der Waals surface area contributed by atoms with Crippen LogP contribution in [0, 0.1) is 3.57 Å². The van der Waals surface area contributed by atoms with Gasteiger partial charge in [-0.25, -0.2) is 5.26 Å². The molecule has 0 unspecified atom stereocenters. The molecule has 2 N–H and O–H groups in total. The summed E-state index contributed by atoms with van der Waals surface area (Å²) in [6.07, 6.45) is 6.24. The highest BCUT2D eigenvalue weighted by atomic mass is 127. The molecule has 0 radical (unpaired) electrons. The van der Waals surface area contributed by atoms with Gasteiger partial charge >= 0.3 is 0 Å². The van der Waals surface area contributed by atoms with Crippen molar-refractivity contribution in [2.24, 2.45) is 0 Å². The van der Waals surface area contributed by atoms with Gasteiger partial charge in [-0.3, -0.25) is 4.55 Å². The van der Waals surface area contributed by atoms with Crippen LogP contribution in [0.4, 0.5) is 5.69 Å². The van der Waals surface area contributed by atoms with Crippen molar-refractivity contribution in [2.45, 2.75) is 37.6 Å². The molecule has 39 heavy (non-hydrogen) atoms. The molecule has 0 spiro atoms. The van der Waals surface area contributed by atoms with Crippen molar-refractivity contribution < 1.29 is 32.2 Å². The molecule has 0 amide bonds. The highest BCUT2D eigenvalue weighted by Gasteiger charge is 2.26. The number of benzene rings is 2. The summed E-state index contributed by atoms with van der Waals surface area (Å²) in [7, 11) is -4.04. The molecular weight excluding hydrogens is 715 g/mol. The molecule has 4 rings (SSSR count). The zero-order valence-corrected chi connectivity index (χ0v) is 27.1. The Morgan fingerprint density at radius 2 is 2.08 bits per heavy atom. The molecule has 2 aromatic carbocycles. The second kappa shape index (κ2) is 14.3. The fraction of sp³-hybridized carbons (Fsp3) is 0.320. The molecule has 210 valence electrons. The standard InChI is InChI=1S/C25H26ClIN2O6S4/c1-2-17(13-24-28(9-3-11-36-35-34-30)21-16-19(27)6-8-23(21)38-24)14-25-29(10-4-12-39(31,32)33)20-15-18(26)5-7-22(20)37-25/h5-8,13-16H,2-4,9-12H2,1H3,(H-,30,31,32,33)/p+1. The lowest BCUT2D eigenvalue weighted by molar-refractivity contribution is -0.668. The Morgan fingerprint density at radius 3 is 2.82 bits per heavy atom. The van der Waals surface area contributed by atoms with E-state index in [9.17, 15) is 13.0 Å². The highest BCUT2D eigenvalue weighted by Crippen LogP contribution is 2.47. The lowest BCUT2D eigenvalue weighted by Crippen LogP contribution is -2.35. The SMILES string of the molecule is CCC(/C=C1\Sc2ccc(Cl)cc2N1CCCS(=O)(=O)O)=C\c1sc2ccc(I)cc2[n+]1CCCSOOO. The Labute approximate surface area is 259 Å². The number of thiazole rings is 1. The average molecular weight is 742 g/mol. The van der Waals surface area contributed by atoms with Crippen LogP contribution < -0.4 is 9.47 Å². The van der Waals surface area contributed by atoms with Gasteiger partial charge in [0.25, 0.3) is 15.1 Å². The number of thioether (sulfide) groups is 1. The van der Waals surface area contributed by atoms with E-state index in [0.717, 1.165) is 66.7 Å². The van der Waals surface area contributed by atoms with Gasteiger partial charge in [0.05, 0.1) is 16.5 Å². The summed E-state index contributed by atoms with van der Waals surface area (Å²) in [5.74, 6) is 0.348. The summed E-state index contributed by atoms with van der Waals surface area (Å²) < 4.78 is 41.1. The van der Waals surface area contributed by atoms with Crippen molar-refractivity contribution in [3.63, 3.8) is 0 Å². The van der Waals surface area contributed by atoms with Crippen LogP contribution in [-0.2, 0) is 26.0 Å². The van der Waals surface area contributed by atoms with Crippen molar-refractivity contribution in [1.29, 1.82) is 0 Å². The summed E-state index contributed by atoms with van der Waals surface area (Å²) in [6, 6.07) is 12.1. The van der Waals surface area contributed by atoms with E-state index in [0.29, 0.717) is 17.3 Å². The predicted octanol–water partition coefficient (Wildman–Crippen LogP) is 7.43. The Kier molecular flexibility index (Phi) is 11.4. The molecule has 0 bridgehead atoms. The zero-order chi connectivity index (χ0) is 28.0. The van der Waals surface area contributed by atoms with E-state index in [4.69, 9.17) is 16.9 Å². The largest absolute Gasteiger partial charge is 0.335 e. The van der Waals surface area contributed by atoms with Gasteiger partial charge in [0.15, 0.2) is 6.54 Å². The number of rotatable bonds is 13. The minimum absolute atomic E-state index is 0.284. The summed E-state index contributed by atoms with van der Waals surface area (Å²) in [6.45, 7) is 3.31. The first-order valence-corrected chi connectivity index (χ1v) is 17.6. The first kappa shape index (κ1) is 31.1. The van der Waals surface area contributed by atoms with E-state index in [1.54, 1.807) is 23.1 Å². The quantitative estimate of drug-likeness (QED) is 0.0353. The fourth-order valence-corrected chi connectivity index (χ4v) is 7.91. The second-order valence-corrected chi connectivity index (χ2v) is 14.7. The van der Waals surface area contributed by atoms with Gasteiger partial charge in [-0.05, 0) is 77.4 Å². The van der Waals surface area contributed by atoms with Crippen molar-refractivity contribution in [1.82, 2.24) is 0 Å². The second-order valence-electron chi connectivity index (χ2n) is 8.58. The Morgan fingerprint density at radius 1 is 1.26 bits per heavy atom. The van der Waals surface area contributed by atoms with E-state index in [2.05, 4.69) is 78.7 Å². The van der Waals surface area contributed by atoms with Crippen molar-refractivity contribution in [3.05, 3.63) is 66.7 Å². The van der Waals surface area contributed by atoms with Gasteiger partial charge in [-0.1, -0.05) is 46.7 Å². The van der Waals surface area contributed by atoms with Crippen molar-refractivity contribution >= 4 is 101 Å². The van der Waals surface area contributed by atoms with Crippen LogP contribution in [0.5, 0.6) is 0 Å². The minimum Gasteiger partial charge on any atom is -0.335 e. The molecule has 14 heteroatoms. The third-order valence-electron chi connectivity index (χ3n) is 5.88.